The van der Waals surface area contributed by atoms with E-state index in [2.05, 4.69) is 10.2 Å². The third-order valence-electron chi connectivity index (χ3n) is 5.47. The second-order valence-corrected chi connectivity index (χ2v) is 9.24. The first-order valence-electron chi connectivity index (χ1n) is 11.4. The molecule has 2 aromatic carbocycles. The Bertz CT molecular complexity index is 1090. The molecule has 1 amide bonds. The standard InChI is InChI=1S/C26H30N4O5/c1-25(2,3)35-24(32)30-16-8-9-19(17-30)26(18-27,23(31)33-4)29-28-20-12-14-22(15-13-20)34-21-10-6-5-7-11-21/h5-7,10-15,19H,8-9,16-17H2,1-4H3/b29-28+. The molecule has 2 aromatic rings. The maximum absolute atomic E-state index is 12.8. The number of nitriles is 1. The van der Waals surface area contributed by atoms with Crippen LogP contribution in [0.2, 0.25) is 0 Å². The molecule has 2 atom stereocenters. The van der Waals surface area contributed by atoms with Crippen LogP contribution in [0, 0.1) is 17.2 Å². The van der Waals surface area contributed by atoms with Crippen LogP contribution in [0.4, 0.5) is 10.5 Å². The zero-order chi connectivity index (χ0) is 25.5. The first-order chi connectivity index (χ1) is 16.7. The van der Waals surface area contributed by atoms with Gasteiger partial charge in [0.2, 0.25) is 0 Å². The fraction of sp³-hybridized carbons (Fsp3) is 0.423. The fourth-order valence-corrected chi connectivity index (χ4v) is 3.76. The van der Waals surface area contributed by atoms with E-state index in [4.69, 9.17) is 14.2 Å². The van der Waals surface area contributed by atoms with E-state index in [1.807, 2.05) is 36.4 Å². The summed E-state index contributed by atoms with van der Waals surface area (Å²) >= 11 is 0. The maximum Gasteiger partial charge on any atom is 0.410 e. The molecule has 35 heavy (non-hydrogen) atoms. The van der Waals surface area contributed by atoms with Crippen molar-refractivity contribution in [2.75, 3.05) is 20.2 Å². The highest BCUT2D eigenvalue weighted by molar-refractivity contribution is 5.85. The first-order valence-corrected chi connectivity index (χ1v) is 11.4. The Hall–Kier alpha value is -3.93. The van der Waals surface area contributed by atoms with E-state index in [1.54, 1.807) is 45.0 Å². The number of azo groups is 1. The van der Waals surface area contributed by atoms with Gasteiger partial charge >= 0.3 is 12.1 Å². The van der Waals surface area contributed by atoms with Gasteiger partial charge in [0.15, 0.2) is 0 Å². The van der Waals surface area contributed by atoms with E-state index >= 15 is 0 Å². The lowest BCUT2D eigenvalue weighted by Gasteiger charge is -2.37. The molecule has 9 nitrogen and oxygen atoms in total. The summed E-state index contributed by atoms with van der Waals surface area (Å²) in [5.74, 6) is -0.118. The van der Waals surface area contributed by atoms with Crippen molar-refractivity contribution in [3.05, 3.63) is 54.6 Å². The molecule has 9 heteroatoms. The second kappa shape index (κ2) is 11.0. The molecule has 1 heterocycles. The van der Waals surface area contributed by atoms with Crippen molar-refractivity contribution in [1.29, 1.82) is 5.26 Å². The van der Waals surface area contributed by atoms with Crippen LogP contribution in [0.25, 0.3) is 0 Å². The largest absolute Gasteiger partial charge is 0.466 e. The molecule has 1 fully saturated rings. The molecule has 1 aliphatic rings. The summed E-state index contributed by atoms with van der Waals surface area (Å²) in [6.45, 7) is 5.94. The van der Waals surface area contributed by atoms with Crippen molar-refractivity contribution in [3.63, 3.8) is 0 Å². The number of amides is 1. The minimum atomic E-state index is -1.89. The van der Waals surface area contributed by atoms with Gasteiger partial charge in [0.1, 0.15) is 23.2 Å². The number of piperidine rings is 1. The van der Waals surface area contributed by atoms with E-state index in [-0.39, 0.29) is 6.54 Å². The molecule has 184 valence electrons. The number of ether oxygens (including phenoxy) is 3. The highest BCUT2D eigenvalue weighted by atomic mass is 16.6. The van der Waals surface area contributed by atoms with Gasteiger partial charge in [-0.15, -0.1) is 0 Å². The van der Waals surface area contributed by atoms with Crippen molar-refractivity contribution in [1.82, 2.24) is 4.90 Å². The van der Waals surface area contributed by atoms with E-state index in [1.165, 1.54) is 12.0 Å². The summed E-state index contributed by atoms with van der Waals surface area (Å²) in [6, 6.07) is 18.2. The molecule has 0 bridgehead atoms. The van der Waals surface area contributed by atoms with Crippen LogP contribution >= 0.6 is 0 Å². The molecule has 0 aliphatic carbocycles. The van der Waals surface area contributed by atoms with Gasteiger partial charge in [-0.25, -0.2) is 9.59 Å². The third-order valence-corrected chi connectivity index (χ3v) is 5.47. The Balaban J connectivity index is 1.80. The molecule has 1 aliphatic heterocycles. The van der Waals surface area contributed by atoms with Crippen molar-refractivity contribution < 1.29 is 23.8 Å². The minimum Gasteiger partial charge on any atom is -0.466 e. The van der Waals surface area contributed by atoms with Gasteiger partial charge in [-0.05, 0) is 70.0 Å². The average Bonchev–Trinajstić information content (AvgIpc) is 2.85. The number of nitrogens with zero attached hydrogens (tertiary/aromatic N) is 4. The Morgan fingerprint density at radius 2 is 1.71 bits per heavy atom. The summed E-state index contributed by atoms with van der Waals surface area (Å²) in [4.78, 5) is 26.9. The summed E-state index contributed by atoms with van der Waals surface area (Å²) in [5.41, 5.74) is -2.11. The van der Waals surface area contributed by atoms with E-state index in [0.717, 1.165) is 0 Å². The molecular weight excluding hydrogens is 448 g/mol. The predicted molar refractivity (Wildman–Crippen MR) is 128 cm³/mol. The van der Waals surface area contributed by atoms with Gasteiger partial charge in [-0.2, -0.15) is 15.5 Å². The third kappa shape index (κ3) is 6.57. The smallest absolute Gasteiger partial charge is 0.410 e. The lowest BCUT2D eigenvalue weighted by molar-refractivity contribution is -0.147. The second-order valence-electron chi connectivity index (χ2n) is 9.24. The number of rotatable bonds is 6. The number of likely N-dealkylation sites (tertiary alicyclic amines) is 1. The molecule has 0 aromatic heterocycles. The summed E-state index contributed by atoms with van der Waals surface area (Å²) in [6.07, 6.45) is 0.598. The molecule has 0 radical (unpaired) electrons. The fourth-order valence-electron chi connectivity index (χ4n) is 3.76. The topological polar surface area (TPSA) is 114 Å². The zero-order valence-corrected chi connectivity index (χ0v) is 20.4. The highest BCUT2D eigenvalue weighted by Gasteiger charge is 2.50. The van der Waals surface area contributed by atoms with Gasteiger partial charge in [0, 0.05) is 19.0 Å². The van der Waals surface area contributed by atoms with Gasteiger partial charge in [0.25, 0.3) is 5.54 Å². The molecular formula is C26H30N4O5. The van der Waals surface area contributed by atoms with Crippen LogP contribution in [0.1, 0.15) is 33.6 Å². The van der Waals surface area contributed by atoms with Gasteiger partial charge < -0.3 is 19.1 Å². The number of carbonyl (C=O) groups excluding carboxylic acids is 2. The van der Waals surface area contributed by atoms with Crippen molar-refractivity contribution in [2.45, 2.75) is 44.8 Å². The zero-order valence-electron chi connectivity index (χ0n) is 20.4. The number of esters is 1. The van der Waals surface area contributed by atoms with E-state index < -0.39 is 29.1 Å². The quantitative estimate of drug-likeness (QED) is 0.392. The summed E-state index contributed by atoms with van der Waals surface area (Å²) in [5, 5.41) is 18.4. The van der Waals surface area contributed by atoms with Crippen molar-refractivity contribution in [3.8, 4) is 17.6 Å². The Morgan fingerprint density at radius 3 is 2.31 bits per heavy atom. The number of hydrogen-bond donors (Lipinski definition) is 0. The van der Waals surface area contributed by atoms with Gasteiger partial charge in [0.05, 0.1) is 12.8 Å². The molecule has 0 N–H and O–H groups in total. The highest BCUT2D eigenvalue weighted by Crippen LogP contribution is 2.34. The predicted octanol–water partition coefficient (Wildman–Crippen LogP) is 5.65. The van der Waals surface area contributed by atoms with Crippen LogP contribution in [0.5, 0.6) is 11.5 Å². The van der Waals surface area contributed by atoms with Crippen molar-refractivity contribution in [2.24, 2.45) is 16.1 Å². The Kier molecular flexibility index (Phi) is 8.07. The van der Waals surface area contributed by atoms with Crippen molar-refractivity contribution >= 4 is 17.7 Å². The molecule has 0 saturated carbocycles. The molecule has 3 rings (SSSR count). The summed E-state index contributed by atoms with van der Waals surface area (Å²) < 4.78 is 16.2. The van der Waals surface area contributed by atoms with Crippen LogP contribution in [-0.2, 0) is 14.3 Å². The summed E-state index contributed by atoms with van der Waals surface area (Å²) in [7, 11) is 1.20. The van der Waals surface area contributed by atoms with Crippen LogP contribution in [-0.4, -0.2) is 48.3 Å². The lowest BCUT2D eigenvalue weighted by Crippen LogP contribution is -2.52. The van der Waals surface area contributed by atoms with Gasteiger partial charge in [-0.3, -0.25) is 0 Å². The van der Waals surface area contributed by atoms with Crippen LogP contribution < -0.4 is 4.74 Å². The lowest BCUT2D eigenvalue weighted by atomic mass is 9.80. The minimum absolute atomic E-state index is 0.125. The SMILES string of the molecule is COC(=O)C(C#N)(/N=N/c1ccc(Oc2ccccc2)cc1)C1CCCN(C(=O)OC(C)(C)C)C1. The number of carbonyl (C=O) groups is 2. The molecule has 0 spiro atoms. The number of benzene rings is 2. The number of para-hydroxylation sites is 1. The van der Waals surface area contributed by atoms with E-state index in [9.17, 15) is 14.9 Å². The van der Waals surface area contributed by atoms with Gasteiger partial charge in [-0.1, -0.05) is 18.2 Å². The van der Waals surface area contributed by atoms with E-state index in [0.29, 0.717) is 36.6 Å². The first kappa shape index (κ1) is 25.7. The Morgan fingerprint density at radius 1 is 1.06 bits per heavy atom. The number of methoxy groups -OCH3 is 1. The maximum atomic E-state index is 12.8. The monoisotopic (exact) mass is 478 g/mol. The van der Waals surface area contributed by atoms with Crippen LogP contribution in [0.15, 0.2) is 64.8 Å². The Labute approximate surface area is 205 Å². The normalized spacial score (nSPS) is 17.8. The molecule has 2 unspecified atom stereocenters. The average molecular weight is 479 g/mol. The van der Waals surface area contributed by atoms with Crippen LogP contribution in [0.3, 0.4) is 0 Å². The number of hydrogen-bond acceptors (Lipinski definition) is 8. The molecule has 1 saturated heterocycles.